The van der Waals surface area contributed by atoms with E-state index in [2.05, 4.69) is 5.32 Å². The quantitative estimate of drug-likeness (QED) is 0.874. The molecule has 1 aromatic heterocycles. The molecule has 5 heteroatoms. The highest BCUT2D eigenvalue weighted by Gasteiger charge is 2.37. The van der Waals surface area contributed by atoms with E-state index in [4.69, 9.17) is 16.3 Å². The van der Waals surface area contributed by atoms with Crippen LogP contribution in [0.5, 0.6) is 0 Å². The van der Waals surface area contributed by atoms with Gasteiger partial charge in [0.1, 0.15) is 5.69 Å². The van der Waals surface area contributed by atoms with Gasteiger partial charge < -0.3 is 14.6 Å². The second-order valence-corrected chi connectivity index (χ2v) is 6.85. The third-order valence-electron chi connectivity index (χ3n) is 4.89. The molecule has 1 N–H and O–H groups in total. The molecule has 3 rings (SSSR count). The predicted molar refractivity (Wildman–Crippen MR) is 93.0 cm³/mol. The largest absolute Gasteiger partial charge is 0.381 e. The van der Waals surface area contributed by atoms with Crippen LogP contribution >= 0.6 is 11.6 Å². The zero-order valence-corrected chi connectivity index (χ0v) is 14.4. The highest BCUT2D eigenvalue weighted by Crippen LogP contribution is 2.40. The second kappa shape index (κ2) is 6.54. The van der Waals surface area contributed by atoms with Crippen molar-refractivity contribution in [2.24, 2.45) is 12.5 Å². The number of amides is 1. The molecular formula is C18H23ClN2O2. The fourth-order valence-electron chi connectivity index (χ4n) is 3.31. The highest BCUT2D eigenvalue weighted by molar-refractivity contribution is 6.35. The zero-order valence-electron chi connectivity index (χ0n) is 13.7. The Bertz CT molecular complexity index is 719. The molecule has 0 bridgehead atoms. The van der Waals surface area contributed by atoms with Crippen molar-refractivity contribution in [3.63, 3.8) is 0 Å². The van der Waals surface area contributed by atoms with Gasteiger partial charge in [-0.3, -0.25) is 4.79 Å². The van der Waals surface area contributed by atoms with E-state index < -0.39 is 0 Å². The average molecular weight is 335 g/mol. The van der Waals surface area contributed by atoms with Gasteiger partial charge in [0, 0.05) is 31.0 Å². The van der Waals surface area contributed by atoms with Crippen LogP contribution in [0.15, 0.2) is 24.3 Å². The molecule has 1 aliphatic rings. The van der Waals surface area contributed by atoms with Crippen molar-refractivity contribution >= 4 is 28.4 Å². The van der Waals surface area contributed by atoms with Crippen molar-refractivity contribution in [3.05, 3.63) is 35.0 Å². The van der Waals surface area contributed by atoms with Gasteiger partial charge in [0.05, 0.1) is 17.1 Å². The molecule has 0 atom stereocenters. The van der Waals surface area contributed by atoms with Crippen LogP contribution in [0.4, 0.5) is 0 Å². The first-order valence-corrected chi connectivity index (χ1v) is 8.54. The van der Waals surface area contributed by atoms with Gasteiger partial charge in [-0.1, -0.05) is 30.2 Å². The first kappa shape index (κ1) is 16.3. The molecule has 0 saturated heterocycles. The molecule has 1 aliphatic carbocycles. The lowest BCUT2D eigenvalue weighted by Gasteiger charge is -2.41. The molecule has 1 heterocycles. The maximum atomic E-state index is 12.6. The van der Waals surface area contributed by atoms with Gasteiger partial charge in [0.25, 0.3) is 5.91 Å². The number of hydrogen-bond acceptors (Lipinski definition) is 2. The molecule has 0 spiro atoms. The number of nitrogens with zero attached hydrogens (tertiary/aromatic N) is 1. The van der Waals surface area contributed by atoms with E-state index in [0.717, 1.165) is 37.0 Å². The minimum absolute atomic E-state index is 0.0532. The first-order valence-electron chi connectivity index (χ1n) is 8.16. The minimum atomic E-state index is -0.0532. The molecule has 1 fully saturated rings. The summed E-state index contributed by atoms with van der Waals surface area (Å²) in [6, 6.07) is 7.61. The van der Waals surface area contributed by atoms with Gasteiger partial charge in [-0.25, -0.2) is 0 Å². The average Bonchev–Trinajstić information content (AvgIpc) is 2.84. The summed E-state index contributed by atoms with van der Waals surface area (Å²) < 4.78 is 7.46. The summed E-state index contributed by atoms with van der Waals surface area (Å²) in [6.45, 7) is 4.12. The van der Waals surface area contributed by atoms with Crippen molar-refractivity contribution in [3.8, 4) is 0 Å². The topological polar surface area (TPSA) is 43.3 Å². The maximum absolute atomic E-state index is 12.6. The summed E-state index contributed by atoms with van der Waals surface area (Å²) in [5.74, 6) is -0.0532. The fraction of sp³-hybridized carbons (Fsp3) is 0.500. The van der Waals surface area contributed by atoms with Crippen LogP contribution in [0.1, 0.15) is 36.7 Å². The number of ether oxygens (including phenoxy) is 1. The Morgan fingerprint density at radius 1 is 1.43 bits per heavy atom. The number of fused-ring (bicyclic) bond motifs is 1. The Hall–Kier alpha value is -1.52. The smallest absolute Gasteiger partial charge is 0.267 e. The van der Waals surface area contributed by atoms with Gasteiger partial charge in [-0.2, -0.15) is 0 Å². The van der Waals surface area contributed by atoms with Crippen LogP contribution in [0.2, 0.25) is 5.02 Å². The number of para-hydroxylation sites is 1. The Morgan fingerprint density at radius 2 is 2.22 bits per heavy atom. The Balaban J connectivity index is 1.74. The summed E-state index contributed by atoms with van der Waals surface area (Å²) in [5.41, 5.74) is 1.65. The summed E-state index contributed by atoms with van der Waals surface area (Å²) in [5, 5.41) is 4.74. The first-order chi connectivity index (χ1) is 11.1. The van der Waals surface area contributed by atoms with Crippen LogP contribution in [-0.2, 0) is 11.8 Å². The molecule has 2 aromatic rings. The van der Waals surface area contributed by atoms with Crippen LogP contribution < -0.4 is 5.32 Å². The highest BCUT2D eigenvalue weighted by atomic mass is 35.5. The van der Waals surface area contributed by atoms with Gasteiger partial charge in [-0.05, 0) is 31.9 Å². The van der Waals surface area contributed by atoms with E-state index in [-0.39, 0.29) is 11.3 Å². The third kappa shape index (κ3) is 3.10. The number of hydrogen-bond donors (Lipinski definition) is 1. The summed E-state index contributed by atoms with van der Waals surface area (Å²) in [6.07, 6.45) is 3.45. The zero-order chi connectivity index (χ0) is 16.4. The summed E-state index contributed by atoms with van der Waals surface area (Å²) in [4.78, 5) is 12.6. The molecule has 0 radical (unpaired) electrons. The van der Waals surface area contributed by atoms with Crippen molar-refractivity contribution < 1.29 is 9.53 Å². The lowest BCUT2D eigenvalue weighted by Crippen LogP contribution is -2.45. The molecule has 124 valence electrons. The number of aromatic nitrogens is 1. The fourth-order valence-corrected chi connectivity index (χ4v) is 3.62. The van der Waals surface area contributed by atoms with Crippen LogP contribution in [0.25, 0.3) is 10.9 Å². The molecule has 4 nitrogen and oxygen atoms in total. The van der Waals surface area contributed by atoms with Crippen LogP contribution in [0.3, 0.4) is 0 Å². The van der Waals surface area contributed by atoms with E-state index in [9.17, 15) is 4.79 Å². The standard InChI is InChI=1S/C18H23ClN2O2/c1-3-23-12-18(8-5-9-18)11-20-17(22)15-10-13-6-4-7-14(19)16(13)21(15)2/h4,6-7,10H,3,5,8-9,11-12H2,1-2H3,(H,20,22). The predicted octanol–water partition coefficient (Wildman–Crippen LogP) is 3.77. The Morgan fingerprint density at radius 3 is 2.83 bits per heavy atom. The second-order valence-electron chi connectivity index (χ2n) is 6.44. The molecule has 1 amide bonds. The van der Waals surface area contributed by atoms with Crippen LogP contribution in [0, 0.1) is 5.41 Å². The summed E-state index contributed by atoms with van der Waals surface area (Å²) >= 11 is 6.25. The molecular weight excluding hydrogens is 312 g/mol. The number of halogens is 1. The van der Waals surface area contributed by atoms with E-state index in [0.29, 0.717) is 17.3 Å². The van der Waals surface area contributed by atoms with E-state index in [1.54, 1.807) is 0 Å². The van der Waals surface area contributed by atoms with Crippen LogP contribution in [-0.4, -0.2) is 30.2 Å². The van der Waals surface area contributed by atoms with Crippen molar-refractivity contribution in [1.29, 1.82) is 0 Å². The number of rotatable bonds is 6. The minimum Gasteiger partial charge on any atom is -0.381 e. The van der Waals surface area contributed by atoms with Gasteiger partial charge in [0.2, 0.25) is 0 Å². The summed E-state index contributed by atoms with van der Waals surface area (Å²) in [7, 11) is 1.88. The number of nitrogens with one attached hydrogen (secondary N) is 1. The SMILES string of the molecule is CCOCC1(CNC(=O)c2cc3cccc(Cl)c3n2C)CCC1. The molecule has 23 heavy (non-hydrogen) atoms. The van der Waals surface area contributed by atoms with Crippen molar-refractivity contribution in [2.75, 3.05) is 19.8 Å². The Labute approximate surface area is 141 Å². The van der Waals surface area contributed by atoms with E-state index >= 15 is 0 Å². The molecule has 1 saturated carbocycles. The van der Waals surface area contributed by atoms with Crippen molar-refractivity contribution in [1.82, 2.24) is 9.88 Å². The normalized spacial score (nSPS) is 16.3. The van der Waals surface area contributed by atoms with E-state index in [1.807, 2.05) is 42.8 Å². The van der Waals surface area contributed by atoms with E-state index in [1.165, 1.54) is 6.42 Å². The number of carbonyl (C=O) groups is 1. The monoisotopic (exact) mass is 334 g/mol. The molecule has 0 unspecified atom stereocenters. The lowest BCUT2D eigenvalue weighted by atomic mass is 9.69. The van der Waals surface area contributed by atoms with Gasteiger partial charge in [-0.15, -0.1) is 0 Å². The third-order valence-corrected chi connectivity index (χ3v) is 5.20. The number of benzene rings is 1. The number of aryl methyl sites for hydroxylation is 1. The maximum Gasteiger partial charge on any atom is 0.267 e. The van der Waals surface area contributed by atoms with Crippen molar-refractivity contribution in [2.45, 2.75) is 26.2 Å². The lowest BCUT2D eigenvalue weighted by molar-refractivity contribution is -0.000231. The number of carbonyl (C=O) groups excluding carboxylic acids is 1. The molecule has 1 aromatic carbocycles. The molecule has 0 aliphatic heterocycles. The van der Waals surface area contributed by atoms with Gasteiger partial charge >= 0.3 is 0 Å². The Kier molecular flexibility index (Phi) is 4.64. The van der Waals surface area contributed by atoms with Gasteiger partial charge in [0.15, 0.2) is 0 Å².